The van der Waals surface area contributed by atoms with E-state index in [1.807, 2.05) is 0 Å². The molecule has 0 bridgehead atoms. The summed E-state index contributed by atoms with van der Waals surface area (Å²) in [6, 6.07) is 3.67. The van der Waals surface area contributed by atoms with Gasteiger partial charge in [-0.3, -0.25) is 0 Å². The van der Waals surface area contributed by atoms with Crippen LogP contribution in [0.3, 0.4) is 0 Å². The molecule has 12 heavy (non-hydrogen) atoms. The fourth-order valence-corrected chi connectivity index (χ4v) is 0.889. The van der Waals surface area contributed by atoms with E-state index in [1.54, 1.807) is 0 Å². The lowest BCUT2D eigenvalue weighted by molar-refractivity contribution is 0.282. The molecular formula is C7H8BFO3. The molecular weight excluding hydrogens is 162 g/mol. The fourth-order valence-electron chi connectivity index (χ4n) is 0.889. The molecule has 5 heteroatoms. The van der Waals surface area contributed by atoms with Gasteiger partial charge in [-0.05, 0) is 11.6 Å². The van der Waals surface area contributed by atoms with E-state index in [0.29, 0.717) is 5.56 Å². The molecule has 0 saturated carbocycles. The molecule has 1 aromatic carbocycles. The Hall–Kier alpha value is -0.905. The highest BCUT2D eigenvalue weighted by atomic mass is 19.1. The van der Waals surface area contributed by atoms with E-state index in [9.17, 15) is 4.39 Å². The maximum Gasteiger partial charge on any atom is 0.491 e. The van der Waals surface area contributed by atoms with Crippen molar-refractivity contribution < 1.29 is 19.5 Å². The molecule has 0 fully saturated rings. The third-order valence-electron chi connectivity index (χ3n) is 1.52. The second kappa shape index (κ2) is 3.66. The topological polar surface area (TPSA) is 60.7 Å². The molecule has 1 rings (SSSR count). The summed E-state index contributed by atoms with van der Waals surface area (Å²) in [6.45, 7) is -0.250. The van der Waals surface area contributed by atoms with E-state index < -0.39 is 12.9 Å². The summed E-state index contributed by atoms with van der Waals surface area (Å²) in [5.74, 6) is -0.692. The van der Waals surface area contributed by atoms with Gasteiger partial charge < -0.3 is 15.2 Å². The number of hydrogen-bond donors (Lipinski definition) is 3. The van der Waals surface area contributed by atoms with Crippen molar-refractivity contribution in [1.82, 2.24) is 0 Å². The molecule has 0 aromatic heterocycles. The smallest absolute Gasteiger partial charge is 0.423 e. The SMILES string of the molecule is OCc1ccc(F)c(B(O)O)c1. The lowest BCUT2D eigenvalue weighted by Gasteiger charge is -2.02. The minimum Gasteiger partial charge on any atom is -0.423 e. The van der Waals surface area contributed by atoms with Crippen molar-refractivity contribution in [2.45, 2.75) is 6.61 Å². The second-order valence-electron chi connectivity index (χ2n) is 2.39. The Morgan fingerprint density at radius 1 is 1.33 bits per heavy atom. The number of aliphatic hydroxyl groups is 1. The first-order valence-electron chi connectivity index (χ1n) is 3.40. The maximum atomic E-state index is 12.8. The quantitative estimate of drug-likeness (QED) is 0.498. The van der Waals surface area contributed by atoms with Crippen molar-refractivity contribution in [3.8, 4) is 0 Å². The van der Waals surface area contributed by atoms with Crippen molar-refractivity contribution >= 4 is 12.6 Å². The van der Waals surface area contributed by atoms with Crippen molar-refractivity contribution in [1.29, 1.82) is 0 Å². The molecule has 3 nitrogen and oxygen atoms in total. The number of halogens is 1. The molecule has 0 aliphatic rings. The van der Waals surface area contributed by atoms with Crippen molar-refractivity contribution in [2.24, 2.45) is 0 Å². The van der Waals surface area contributed by atoms with E-state index in [2.05, 4.69) is 0 Å². The average molecular weight is 170 g/mol. The first kappa shape index (κ1) is 9.19. The van der Waals surface area contributed by atoms with Gasteiger partial charge in [0.15, 0.2) is 0 Å². The molecule has 0 spiro atoms. The van der Waals surface area contributed by atoms with Gasteiger partial charge in [-0.25, -0.2) is 4.39 Å². The molecule has 0 atom stereocenters. The standard InChI is InChI=1S/C7H8BFO3/c9-7-2-1-5(4-10)3-6(7)8(11)12/h1-3,10-12H,4H2. The predicted molar refractivity (Wildman–Crippen MR) is 42.1 cm³/mol. The summed E-state index contributed by atoms with van der Waals surface area (Å²) in [6.07, 6.45) is 0. The maximum absolute atomic E-state index is 12.8. The van der Waals surface area contributed by atoms with E-state index in [1.165, 1.54) is 12.1 Å². The molecule has 0 aliphatic heterocycles. The second-order valence-corrected chi connectivity index (χ2v) is 2.39. The van der Waals surface area contributed by atoms with Crippen molar-refractivity contribution in [3.05, 3.63) is 29.6 Å². The van der Waals surface area contributed by atoms with Crippen LogP contribution in [0.4, 0.5) is 4.39 Å². The normalized spacial score (nSPS) is 10.0. The summed E-state index contributed by atoms with van der Waals surface area (Å²) >= 11 is 0. The monoisotopic (exact) mass is 170 g/mol. The summed E-state index contributed by atoms with van der Waals surface area (Å²) in [5.41, 5.74) is 0.223. The third-order valence-corrected chi connectivity index (χ3v) is 1.52. The van der Waals surface area contributed by atoms with Gasteiger partial charge in [0, 0.05) is 5.46 Å². The Labute approximate surface area is 69.2 Å². The van der Waals surface area contributed by atoms with Crippen molar-refractivity contribution in [3.63, 3.8) is 0 Å². The third kappa shape index (κ3) is 1.82. The summed E-state index contributed by atoms with van der Waals surface area (Å²) in [4.78, 5) is 0. The van der Waals surface area contributed by atoms with Crippen LogP contribution in [-0.4, -0.2) is 22.3 Å². The number of hydrogen-bond acceptors (Lipinski definition) is 3. The van der Waals surface area contributed by atoms with E-state index in [0.717, 1.165) is 6.07 Å². The summed E-state index contributed by atoms with van der Waals surface area (Å²) in [5, 5.41) is 26.0. The molecule has 1 aromatic rings. The zero-order chi connectivity index (χ0) is 9.14. The number of rotatable bonds is 2. The van der Waals surface area contributed by atoms with Gasteiger partial charge in [0.05, 0.1) is 6.61 Å². The predicted octanol–water partition coefficient (Wildman–Crippen LogP) is -1.00. The zero-order valence-electron chi connectivity index (χ0n) is 6.24. The van der Waals surface area contributed by atoms with Gasteiger partial charge in [0.2, 0.25) is 0 Å². The van der Waals surface area contributed by atoms with Gasteiger partial charge >= 0.3 is 7.12 Å². The van der Waals surface area contributed by atoms with Crippen LogP contribution in [0.2, 0.25) is 0 Å². The molecule has 0 unspecified atom stereocenters. The Bertz CT molecular complexity index is 277. The Morgan fingerprint density at radius 2 is 2.00 bits per heavy atom. The van der Waals surface area contributed by atoms with Crippen molar-refractivity contribution in [2.75, 3.05) is 0 Å². The van der Waals surface area contributed by atoms with Crippen LogP contribution in [0.15, 0.2) is 18.2 Å². The van der Waals surface area contributed by atoms with Crippen LogP contribution >= 0.6 is 0 Å². The molecule has 0 aliphatic carbocycles. The Morgan fingerprint density at radius 3 is 2.50 bits per heavy atom. The van der Waals surface area contributed by atoms with Crippen LogP contribution < -0.4 is 5.46 Å². The Kier molecular flexibility index (Phi) is 2.81. The van der Waals surface area contributed by atoms with E-state index >= 15 is 0 Å². The first-order valence-corrected chi connectivity index (χ1v) is 3.40. The minimum absolute atomic E-state index is 0.221. The van der Waals surface area contributed by atoms with Gasteiger partial charge in [0.1, 0.15) is 5.82 Å². The molecule has 3 N–H and O–H groups in total. The molecule has 0 heterocycles. The minimum atomic E-state index is -1.84. The highest BCUT2D eigenvalue weighted by Crippen LogP contribution is 2.00. The Balaban J connectivity index is 3.08. The van der Waals surface area contributed by atoms with Crippen LogP contribution in [-0.2, 0) is 6.61 Å². The molecule has 0 saturated heterocycles. The largest absolute Gasteiger partial charge is 0.491 e. The van der Waals surface area contributed by atoms with Crippen LogP contribution in [0, 0.1) is 5.82 Å². The number of aliphatic hydroxyl groups excluding tert-OH is 1. The van der Waals surface area contributed by atoms with Gasteiger partial charge in [0.25, 0.3) is 0 Å². The van der Waals surface area contributed by atoms with Crippen LogP contribution in [0.25, 0.3) is 0 Å². The highest BCUT2D eigenvalue weighted by molar-refractivity contribution is 6.58. The van der Waals surface area contributed by atoms with Crippen LogP contribution in [0.5, 0.6) is 0 Å². The van der Waals surface area contributed by atoms with Crippen LogP contribution in [0.1, 0.15) is 5.56 Å². The van der Waals surface area contributed by atoms with Gasteiger partial charge in [-0.15, -0.1) is 0 Å². The number of benzene rings is 1. The highest BCUT2D eigenvalue weighted by Gasteiger charge is 2.16. The zero-order valence-corrected chi connectivity index (χ0v) is 6.24. The molecule has 0 amide bonds. The average Bonchev–Trinajstić information content (AvgIpc) is 2.05. The lowest BCUT2D eigenvalue weighted by Crippen LogP contribution is -2.33. The van der Waals surface area contributed by atoms with E-state index in [-0.39, 0.29) is 12.1 Å². The van der Waals surface area contributed by atoms with E-state index in [4.69, 9.17) is 15.2 Å². The summed E-state index contributed by atoms with van der Waals surface area (Å²) < 4.78 is 12.8. The lowest BCUT2D eigenvalue weighted by atomic mass is 9.79. The van der Waals surface area contributed by atoms with Gasteiger partial charge in [-0.2, -0.15) is 0 Å². The van der Waals surface area contributed by atoms with Gasteiger partial charge in [-0.1, -0.05) is 12.1 Å². The fraction of sp³-hybridized carbons (Fsp3) is 0.143. The molecule has 0 radical (unpaired) electrons. The first-order chi connectivity index (χ1) is 5.65. The molecule has 64 valence electrons. The summed E-state index contributed by atoms with van der Waals surface area (Å²) in [7, 11) is -1.84.